The van der Waals surface area contributed by atoms with E-state index >= 15 is 0 Å². The summed E-state index contributed by atoms with van der Waals surface area (Å²) >= 11 is 0. The minimum absolute atomic E-state index is 0.0409. The molecule has 0 aliphatic carbocycles. The Balaban J connectivity index is 1.87. The topological polar surface area (TPSA) is 91.5 Å². The number of anilines is 1. The Kier molecular flexibility index (Phi) is 3.13. The Hall–Kier alpha value is -2.77. The Morgan fingerprint density at radius 1 is 1.43 bits per heavy atom. The third-order valence-corrected chi connectivity index (χ3v) is 3.27. The number of aryl methyl sites for hydroxylation is 2. The molecular formula is C13H14N4O4. The van der Waals surface area contributed by atoms with Crippen LogP contribution in [-0.4, -0.2) is 21.5 Å². The van der Waals surface area contributed by atoms with E-state index in [1.165, 1.54) is 6.07 Å². The van der Waals surface area contributed by atoms with Crippen LogP contribution in [0.1, 0.15) is 11.3 Å². The summed E-state index contributed by atoms with van der Waals surface area (Å²) in [6.45, 7) is 2.42. The number of hydrogen-bond donors (Lipinski definition) is 1. The van der Waals surface area contributed by atoms with Crippen LogP contribution in [0.25, 0.3) is 0 Å². The van der Waals surface area contributed by atoms with Crippen molar-refractivity contribution in [2.75, 3.05) is 12.1 Å². The molecule has 1 N–H and O–H groups in total. The van der Waals surface area contributed by atoms with E-state index in [4.69, 9.17) is 9.47 Å². The monoisotopic (exact) mass is 290 g/mol. The van der Waals surface area contributed by atoms with E-state index in [9.17, 15) is 10.1 Å². The smallest absolute Gasteiger partial charge is 0.296 e. The average Bonchev–Trinajstić information content (AvgIpc) is 3.00. The molecule has 1 aliphatic rings. The lowest BCUT2D eigenvalue weighted by atomic mass is 10.2. The molecule has 0 bridgehead atoms. The van der Waals surface area contributed by atoms with Crippen LogP contribution in [0.3, 0.4) is 0 Å². The first-order valence-electron chi connectivity index (χ1n) is 6.35. The molecule has 110 valence electrons. The van der Waals surface area contributed by atoms with Crippen molar-refractivity contribution in [1.82, 2.24) is 9.78 Å². The molecule has 0 amide bonds. The number of nitrogens with one attached hydrogen (secondary N) is 1. The van der Waals surface area contributed by atoms with E-state index in [0.717, 1.165) is 11.3 Å². The maximum atomic E-state index is 11.2. The number of fused-ring (bicyclic) bond motifs is 1. The first-order valence-corrected chi connectivity index (χ1v) is 6.35. The predicted octanol–water partition coefficient (Wildman–Crippen LogP) is 1.98. The van der Waals surface area contributed by atoms with Crippen molar-refractivity contribution in [3.63, 3.8) is 0 Å². The second-order valence-electron chi connectivity index (χ2n) is 4.75. The van der Waals surface area contributed by atoms with Crippen molar-refractivity contribution in [3.05, 3.63) is 39.7 Å². The molecule has 8 nitrogen and oxygen atoms in total. The molecule has 3 rings (SSSR count). The number of rotatable bonds is 4. The van der Waals surface area contributed by atoms with Crippen molar-refractivity contribution < 1.29 is 14.4 Å². The zero-order valence-electron chi connectivity index (χ0n) is 11.6. The Morgan fingerprint density at radius 3 is 2.76 bits per heavy atom. The Bertz CT molecular complexity index is 710. The molecule has 21 heavy (non-hydrogen) atoms. The van der Waals surface area contributed by atoms with Crippen LogP contribution in [0.4, 0.5) is 11.4 Å². The Morgan fingerprint density at radius 2 is 2.14 bits per heavy atom. The summed E-state index contributed by atoms with van der Waals surface area (Å²) in [6, 6.07) is 2.97. The number of nitro benzene ring substituents is 1. The van der Waals surface area contributed by atoms with Gasteiger partial charge in [0, 0.05) is 31.4 Å². The summed E-state index contributed by atoms with van der Waals surface area (Å²) in [4.78, 5) is 10.7. The summed E-state index contributed by atoms with van der Waals surface area (Å²) in [7, 11) is 1.83. The lowest BCUT2D eigenvalue weighted by Gasteiger charge is -2.07. The number of ether oxygens (including phenoxy) is 2. The second kappa shape index (κ2) is 4.97. The maximum absolute atomic E-state index is 11.2. The molecule has 1 aromatic carbocycles. The van der Waals surface area contributed by atoms with Gasteiger partial charge >= 0.3 is 0 Å². The van der Waals surface area contributed by atoms with Gasteiger partial charge in [-0.1, -0.05) is 0 Å². The van der Waals surface area contributed by atoms with E-state index in [0.29, 0.717) is 23.7 Å². The molecule has 0 atom stereocenters. The van der Waals surface area contributed by atoms with Gasteiger partial charge in [0.05, 0.1) is 16.7 Å². The van der Waals surface area contributed by atoms with Crippen molar-refractivity contribution in [1.29, 1.82) is 0 Å². The fourth-order valence-electron chi connectivity index (χ4n) is 2.24. The highest BCUT2D eigenvalue weighted by atomic mass is 16.7. The average molecular weight is 290 g/mol. The molecule has 0 fully saturated rings. The molecule has 0 saturated heterocycles. The zero-order chi connectivity index (χ0) is 15.0. The summed E-state index contributed by atoms with van der Waals surface area (Å²) < 4.78 is 12.1. The second-order valence-corrected chi connectivity index (χ2v) is 4.75. The van der Waals surface area contributed by atoms with E-state index in [1.54, 1.807) is 10.7 Å². The molecule has 0 radical (unpaired) electrons. The molecule has 0 unspecified atom stereocenters. The number of aromatic nitrogens is 2. The molecule has 8 heteroatoms. The van der Waals surface area contributed by atoms with Crippen molar-refractivity contribution in [2.24, 2.45) is 7.05 Å². The van der Waals surface area contributed by atoms with Crippen molar-refractivity contribution in [3.8, 4) is 11.5 Å². The lowest BCUT2D eigenvalue weighted by molar-refractivity contribution is -0.384. The minimum Gasteiger partial charge on any atom is -0.454 e. The van der Waals surface area contributed by atoms with Crippen LogP contribution >= 0.6 is 0 Å². The van der Waals surface area contributed by atoms with Crippen LogP contribution in [0.5, 0.6) is 11.5 Å². The molecule has 2 aromatic rings. The maximum Gasteiger partial charge on any atom is 0.296 e. The molecule has 1 aliphatic heterocycles. The minimum atomic E-state index is -0.444. The number of nitro groups is 1. The van der Waals surface area contributed by atoms with Crippen molar-refractivity contribution in [2.45, 2.75) is 13.5 Å². The third kappa shape index (κ3) is 2.47. The van der Waals surface area contributed by atoms with Crippen molar-refractivity contribution >= 4 is 11.4 Å². The molecule has 0 saturated carbocycles. The van der Waals surface area contributed by atoms with Gasteiger partial charge in [-0.05, 0) is 6.92 Å². The highest BCUT2D eigenvalue weighted by molar-refractivity contribution is 5.69. The fraction of sp³-hybridized carbons (Fsp3) is 0.308. The van der Waals surface area contributed by atoms with Crippen LogP contribution < -0.4 is 14.8 Å². The predicted molar refractivity (Wildman–Crippen MR) is 74.5 cm³/mol. The van der Waals surface area contributed by atoms with E-state index < -0.39 is 4.92 Å². The number of benzene rings is 1. The largest absolute Gasteiger partial charge is 0.454 e. The highest BCUT2D eigenvalue weighted by Gasteiger charge is 2.23. The molecule has 1 aromatic heterocycles. The normalized spacial score (nSPS) is 12.5. The fourth-order valence-corrected chi connectivity index (χ4v) is 2.24. The highest BCUT2D eigenvalue weighted by Crippen LogP contribution is 2.40. The number of nitrogens with zero attached hydrogens (tertiary/aromatic N) is 3. The van der Waals surface area contributed by atoms with Crippen LogP contribution in [0.2, 0.25) is 0 Å². The van der Waals surface area contributed by atoms with E-state index in [1.807, 2.05) is 20.2 Å². The molecular weight excluding hydrogens is 276 g/mol. The van der Waals surface area contributed by atoms with Gasteiger partial charge in [0.15, 0.2) is 11.5 Å². The quantitative estimate of drug-likeness (QED) is 0.683. The van der Waals surface area contributed by atoms with Gasteiger partial charge in [0.25, 0.3) is 5.69 Å². The number of hydrogen-bond acceptors (Lipinski definition) is 6. The standard InChI is InChI=1S/C13H14N4O4/c1-8-9(6-16(2)15-8)5-14-10-3-12-13(21-7-20-12)4-11(10)17(18)19/h3-4,6,14H,5,7H2,1-2H3. The van der Waals surface area contributed by atoms with Gasteiger partial charge in [0.2, 0.25) is 6.79 Å². The van der Waals surface area contributed by atoms with Gasteiger partial charge in [-0.15, -0.1) is 0 Å². The van der Waals surface area contributed by atoms with E-state index in [-0.39, 0.29) is 12.5 Å². The van der Waals surface area contributed by atoms with Gasteiger partial charge in [-0.25, -0.2) is 0 Å². The first-order chi connectivity index (χ1) is 10.0. The first kappa shape index (κ1) is 13.2. The zero-order valence-corrected chi connectivity index (χ0v) is 11.6. The summed E-state index contributed by atoms with van der Waals surface area (Å²) in [5, 5.41) is 18.5. The summed E-state index contributed by atoms with van der Waals surface area (Å²) in [6.07, 6.45) is 1.88. The van der Waals surface area contributed by atoms with Crippen LogP contribution in [-0.2, 0) is 13.6 Å². The van der Waals surface area contributed by atoms with Gasteiger partial charge in [-0.3, -0.25) is 14.8 Å². The summed E-state index contributed by atoms with van der Waals surface area (Å²) in [5.74, 6) is 0.899. The third-order valence-electron chi connectivity index (χ3n) is 3.27. The van der Waals surface area contributed by atoms with Gasteiger partial charge in [-0.2, -0.15) is 5.10 Å². The van der Waals surface area contributed by atoms with Crippen LogP contribution in [0, 0.1) is 17.0 Å². The lowest BCUT2D eigenvalue weighted by Crippen LogP contribution is -2.03. The molecule has 2 heterocycles. The van der Waals surface area contributed by atoms with Gasteiger partial charge in [0.1, 0.15) is 5.69 Å². The Labute approximate surface area is 120 Å². The SMILES string of the molecule is Cc1nn(C)cc1CNc1cc2c(cc1[N+](=O)[O-])OCO2. The van der Waals surface area contributed by atoms with E-state index in [2.05, 4.69) is 10.4 Å². The molecule has 0 spiro atoms. The van der Waals surface area contributed by atoms with Gasteiger partial charge < -0.3 is 14.8 Å². The van der Waals surface area contributed by atoms with Crippen LogP contribution in [0.15, 0.2) is 18.3 Å². The summed E-state index contributed by atoms with van der Waals surface area (Å²) in [5.41, 5.74) is 2.21.